The van der Waals surface area contributed by atoms with E-state index in [0.29, 0.717) is 41.4 Å². The predicted octanol–water partition coefficient (Wildman–Crippen LogP) is 4.76. The molecule has 0 radical (unpaired) electrons. The van der Waals surface area contributed by atoms with Gasteiger partial charge in [0.15, 0.2) is 0 Å². The van der Waals surface area contributed by atoms with E-state index in [1.54, 1.807) is 12.1 Å². The molecule has 2 aliphatic rings. The van der Waals surface area contributed by atoms with E-state index in [-0.39, 0.29) is 17.6 Å². The highest BCUT2D eigenvalue weighted by molar-refractivity contribution is 7.98. The molecular formula is C28H29FN4O2S. The van der Waals surface area contributed by atoms with Crippen molar-refractivity contribution in [3.63, 3.8) is 0 Å². The van der Waals surface area contributed by atoms with E-state index in [1.807, 2.05) is 48.2 Å². The molecular weight excluding hydrogens is 475 g/mol. The number of aryl methyl sites for hydroxylation is 1. The van der Waals surface area contributed by atoms with E-state index in [9.17, 15) is 14.0 Å². The maximum absolute atomic E-state index is 14.1. The Morgan fingerprint density at radius 2 is 1.78 bits per heavy atom. The summed E-state index contributed by atoms with van der Waals surface area (Å²) in [5.41, 5.74) is 4.71. The fraction of sp³-hybridized carbons (Fsp3) is 0.286. The SMILES string of the molecule is Cc1cccc(F)c1CSCC1Nc2ccc(C(=O)N3CCN(c4ccccc4)CC3)cc2NC1=O. The fourth-order valence-corrected chi connectivity index (χ4v) is 5.77. The third-order valence-electron chi connectivity index (χ3n) is 6.74. The average molecular weight is 505 g/mol. The molecule has 0 aromatic heterocycles. The van der Waals surface area contributed by atoms with Crippen LogP contribution in [0.4, 0.5) is 21.5 Å². The Morgan fingerprint density at radius 1 is 1.00 bits per heavy atom. The second-order valence-electron chi connectivity index (χ2n) is 9.11. The minimum Gasteiger partial charge on any atom is -0.371 e. The molecule has 186 valence electrons. The van der Waals surface area contributed by atoms with Crippen LogP contribution >= 0.6 is 11.8 Å². The van der Waals surface area contributed by atoms with Gasteiger partial charge in [-0.05, 0) is 48.9 Å². The number of fused-ring (bicyclic) bond motifs is 1. The molecule has 36 heavy (non-hydrogen) atoms. The number of anilines is 3. The minimum atomic E-state index is -0.429. The Hall–Kier alpha value is -3.52. The number of halogens is 1. The standard InChI is InChI=1S/C28H29FN4O2S/c1-19-6-5-9-23(29)22(19)17-36-18-26-27(34)31-25-16-20(10-11-24(25)30-26)28(35)33-14-12-32(13-15-33)21-7-3-2-4-8-21/h2-11,16,26,30H,12-15,17-18H2,1H3,(H,31,34). The molecule has 0 bridgehead atoms. The van der Waals surface area contributed by atoms with Crippen LogP contribution in [0.2, 0.25) is 0 Å². The molecule has 1 unspecified atom stereocenters. The predicted molar refractivity (Wildman–Crippen MR) is 144 cm³/mol. The van der Waals surface area contributed by atoms with Crippen molar-refractivity contribution < 1.29 is 14.0 Å². The fourth-order valence-electron chi connectivity index (χ4n) is 4.61. The van der Waals surface area contributed by atoms with Gasteiger partial charge in [-0.2, -0.15) is 11.8 Å². The number of hydrogen-bond acceptors (Lipinski definition) is 5. The quantitative estimate of drug-likeness (QED) is 0.507. The van der Waals surface area contributed by atoms with Crippen molar-refractivity contribution in [3.8, 4) is 0 Å². The summed E-state index contributed by atoms with van der Waals surface area (Å²) in [7, 11) is 0. The molecule has 5 rings (SSSR count). The van der Waals surface area contributed by atoms with Gasteiger partial charge in [-0.15, -0.1) is 0 Å². The van der Waals surface area contributed by atoms with E-state index >= 15 is 0 Å². The number of nitrogens with one attached hydrogen (secondary N) is 2. The molecule has 1 atom stereocenters. The molecule has 3 aromatic carbocycles. The Balaban J connectivity index is 1.18. The molecule has 3 aromatic rings. The summed E-state index contributed by atoms with van der Waals surface area (Å²) in [6, 6.07) is 20.3. The van der Waals surface area contributed by atoms with Gasteiger partial charge in [-0.3, -0.25) is 9.59 Å². The van der Waals surface area contributed by atoms with Crippen LogP contribution in [-0.4, -0.2) is 54.7 Å². The van der Waals surface area contributed by atoms with Gasteiger partial charge in [0.2, 0.25) is 5.91 Å². The first kappa shape index (κ1) is 24.2. The van der Waals surface area contributed by atoms with E-state index < -0.39 is 6.04 Å². The minimum absolute atomic E-state index is 0.0299. The molecule has 0 spiro atoms. The van der Waals surface area contributed by atoms with Crippen LogP contribution in [0.5, 0.6) is 0 Å². The lowest BCUT2D eigenvalue weighted by atomic mass is 10.1. The highest BCUT2D eigenvalue weighted by atomic mass is 32.2. The first-order valence-corrected chi connectivity index (χ1v) is 13.3. The summed E-state index contributed by atoms with van der Waals surface area (Å²) < 4.78 is 14.1. The molecule has 2 aliphatic heterocycles. The van der Waals surface area contributed by atoms with Crippen molar-refractivity contribution in [1.82, 2.24) is 4.90 Å². The lowest BCUT2D eigenvalue weighted by Crippen LogP contribution is -2.48. The normalized spacial score (nSPS) is 17.3. The highest BCUT2D eigenvalue weighted by Gasteiger charge is 2.28. The second-order valence-corrected chi connectivity index (χ2v) is 10.1. The number of nitrogens with zero attached hydrogens (tertiary/aromatic N) is 2. The van der Waals surface area contributed by atoms with Crippen LogP contribution in [0.15, 0.2) is 66.7 Å². The molecule has 2 N–H and O–H groups in total. The van der Waals surface area contributed by atoms with Gasteiger partial charge in [-0.1, -0.05) is 30.3 Å². The lowest BCUT2D eigenvalue weighted by Gasteiger charge is -2.36. The Morgan fingerprint density at radius 3 is 2.53 bits per heavy atom. The third kappa shape index (κ3) is 5.18. The molecule has 2 amide bonds. The molecule has 0 saturated carbocycles. The smallest absolute Gasteiger partial charge is 0.254 e. The summed E-state index contributed by atoms with van der Waals surface area (Å²) in [5.74, 6) is 0.611. The molecule has 8 heteroatoms. The first-order chi connectivity index (χ1) is 17.5. The number of para-hydroxylation sites is 1. The van der Waals surface area contributed by atoms with Crippen LogP contribution in [0.3, 0.4) is 0 Å². The van der Waals surface area contributed by atoms with Gasteiger partial charge in [0.1, 0.15) is 11.9 Å². The monoisotopic (exact) mass is 504 g/mol. The van der Waals surface area contributed by atoms with Crippen molar-refractivity contribution >= 4 is 40.6 Å². The van der Waals surface area contributed by atoms with Gasteiger partial charge >= 0.3 is 0 Å². The summed E-state index contributed by atoms with van der Waals surface area (Å²) in [4.78, 5) is 30.0. The van der Waals surface area contributed by atoms with Gasteiger partial charge in [0.25, 0.3) is 5.91 Å². The zero-order chi connectivity index (χ0) is 25.1. The zero-order valence-electron chi connectivity index (χ0n) is 20.2. The number of thioether (sulfide) groups is 1. The number of benzene rings is 3. The van der Waals surface area contributed by atoms with Crippen molar-refractivity contribution in [2.24, 2.45) is 0 Å². The number of amides is 2. The lowest BCUT2D eigenvalue weighted by molar-refractivity contribution is -0.116. The van der Waals surface area contributed by atoms with E-state index in [1.165, 1.54) is 23.5 Å². The van der Waals surface area contributed by atoms with Crippen LogP contribution in [0.25, 0.3) is 0 Å². The number of carbonyl (C=O) groups excluding carboxylic acids is 2. The van der Waals surface area contributed by atoms with Crippen molar-refractivity contribution in [1.29, 1.82) is 0 Å². The topological polar surface area (TPSA) is 64.7 Å². The molecule has 1 fully saturated rings. The summed E-state index contributed by atoms with van der Waals surface area (Å²) in [6.45, 7) is 4.75. The van der Waals surface area contributed by atoms with Crippen LogP contribution in [0.1, 0.15) is 21.5 Å². The Kier molecular flexibility index (Phi) is 7.13. The Labute approximate surface area is 214 Å². The van der Waals surface area contributed by atoms with Crippen molar-refractivity contribution in [2.75, 3.05) is 47.5 Å². The number of piperazine rings is 1. The maximum Gasteiger partial charge on any atom is 0.254 e. The summed E-state index contributed by atoms with van der Waals surface area (Å²) in [5, 5.41) is 6.21. The van der Waals surface area contributed by atoms with Crippen LogP contribution in [0, 0.1) is 12.7 Å². The Bertz CT molecular complexity index is 1240. The van der Waals surface area contributed by atoms with E-state index in [2.05, 4.69) is 27.7 Å². The van der Waals surface area contributed by atoms with Gasteiger partial charge in [0, 0.05) is 54.5 Å². The summed E-state index contributed by atoms with van der Waals surface area (Å²) in [6.07, 6.45) is 0. The van der Waals surface area contributed by atoms with Gasteiger partial charge in [-0.25, -0.2) is 4.39 Å². The number of hydrogen-bond donors (Lipinski definition) is 2. The van der Waals surface area contributed by atoms with Crippen molar-refractivity contribution in [3.05, 3.63) is 89.2 Å². The number of carbonyl (C=O) groups is 2. The van der Waals surface area contributed by atoms with E-state index in [4.69, 9.17) is 0 Å². The van der Waals surface area contributed by atoms with Crippen molar-refractivity contribution in [2.45, 2.75) is 18.7 Å². The second kappa shape index (κ2) is 10.6. The third-order valence-corrected chi connectivity index (χ3v) is 7.80. The zero-order valence-corrected chi connectivity index (χ0v) is 21.0. The number of rotatable bonds is 6. The summed E-state index contributed by atoms with van der Waals surface area (Å²) >= 11 is 1.52. The van der Waals surface area contributed by atoms with Crippen LogP contribution < -0.4 is 15.5 Å². The average Bonchev–Trinajstić information content (AvgIpc) is 2.90. The highest BCUT2D eigenvalue weighted by Crippen LogP contribution is 2.30. The molecule has 6 nitrogen and oxygen atoms in total. The molecule has 2 heterocycles. The maximum atomic E-state index is 14.1. The molecule has 1 saturated heterocycles. The molecule has 0 aliphatic carbocycles. The van der Waals surface area contributed by atoms with Crippen LogP contribution in [-0.2, 0) is 10.5 Å². The van der Waals surface area contributed by atoms with Gasteiger partial charge < -0.3 is 20.4 Å². The first-order valence-electron chi connectivity index (χ1n) is 12.1. The largest absolute Gasteiger partial charge is 0.371 e. The van der Waals surface area contributed by atoms with E-state index in [0.717, 1.165) is 24.3 Å². The van der Waals surface area contributed by atoms with Gasteiger partial charge in [0.05, 0.1) is 11.4 Å².